The summed E-state index contributed by atoms with van der Waals surface area (Å²) < 4.78 is 0. The Labute approximate surface area is 634 Å². The van der Waals surface area contributed by atoms with Gasteiger partial charge in [-0.2, -0.15) is 0 Å². The molecule has 0 fully saturated rings. The van der Waals surface area contributed by atoms with E-state index < -0.39 is 0 Å². The van der Waals surface area contributed by atoms with Crippen LogP contribution < -0.4 is 0 Å². The largest absolute Gasteiger partial charge is 0.265 e. The molecule has 514 valence electrons. The molecule has 10 heteroatoms. The quantitative estimate of drug-likeness (QED) is 0.122. The second-order valence-electron chi connectivity index (χ2n) is 27.0. The average molecular weight is 1410 g/mol. The second-order valence-corrected chi connectivity index (χ2v) is 27.0. The average Bonchev–Trinajstić information content (AvgIpc) is 0.775. The summed E-state index contributed by atoms with van der Waals surface area (Å²) in [4.78, 5) is 47.4. The molecule has 8 aromatic heterocycles. The van der Waals surface area contributed by atoms with E-state index in [0.29, 0.717) is 0 Å². The van der Waals surface area contributed by atoms with Gasteiger partial charge in [0.25, 0.3) is 0 Å². The minimum absolute atomic E-state index is 0.729. The van der Waals surface area contributed by atoms with Crippen molar-refractivity contribution in [1.29, 1.82) is 0 Å². The van der Waals surface area contributed by atoms with Crippen LogP contribution in [0.3, 0.4) is 0 Å². The molecule has 110 heavy (non-hydrogen) atoms. The molecule has 0 aliphatic heterocycles. The van der Waals surface area contributed by atoms with Gasteiger partial charge in [-0.05, 0) is 146 Å². The fourth-order valence-corrected chi connectivity index (χ4v) is 15.0. The third-order valence-corrected chi connectivity index (χ3v) is 20.3. The minimum atomic E-state index is 0.729. The van der Waals surface area contributed by atoms with Crippen LogP contribution in [-0.4, -0.2) is 49.8 Å². The summed E-state index contributed by atoms with van der Waals surface area (Å²) in [5.74, 6) is 0.729. The van der Waals surface area contributed by atoms with Crippen molar-refractivity contribution >= 4 is 87.0 Å². The van der Waals surface area contributed by atoms with Gasteiger partial charge in [0, 0.05) is 114 Å². The lowest BCUT2D eigenvalue weighted by atomic mass is 9.93. The van der Waals surface area contributed by atoms with Crippen LogP contribution in [-0.2, 0) is 0 Å². The summed E-state index contributed by atoms with van der Waals surface area (Å²) in [6, 6.07) is 120. The van der Waals surface area contributed by atoms with E-state index in [1.165, 1.54) is 38.2 Å². The highest BCUT2D eigenvalue weighted by molar-refractivity contribution is 6.13. The predicted octanol–water partition coefficient (Wildman–Crippen LogP) is 24.9. The third kappa shape index (κ3) is 12.9. The normalized spacial score (nSPS) is 11.3. The smallest absolute Gasteiger partial charge is 0.160 e. The van der Waals surface area contributed by atoms with Crippen molar-refractivity contribution < 1.29 is 0 Å². The van der Waals surface area contributed by atoms with Crippen LogP contribution in [0.25, 0.3) is 199 Å². The molecule has 0 unspecified atom stereocenters. The Morgan fingerprint density at radius 2 is 0.564 bits per heavy atom. The van der Waals surface area contributed by atoms with E-state index in [-0.39, 0.29) is 0 Å². The van der Waals surface area contributed by atoms with E-state index in [1.54, 1.807) is 24.8 Å². The fourth-order valence-electron chi connectivity index (χ4n) is 15.0. The Bertz CT molecular complexity index is 6970. The van der Waals surface area contributed by atoms with Crippen molar-refractivity contribution in [1.82, 2.24) is 49.8 Å². The number of fused-ring (bicyclic) bond motifs is 11. The lowest BCUT2D eigenvalue weighted by molar-refractivity contribution is 1.23. The van der Waals surface area contributed by atoms with Crippen LogP contribution in [0.15, 0.2) is 389 Å². The minimum Gasteiger partial charge on any atom is -0.265 e. The number of para-hydroxylation sites is 3. The molecule has 13 aromatic carbocycles. The summed E-state index contributed by atoms with van der Waals surface area (Å²) in [7, 11) is 0. The number of rotatable bonds is 10. The standard InChI is InChI=1S/C34H22N4.2C33H21N3/c1-4-26(20-27(5-1)29-7-2-8-31-30(29)10-9-25-6-3-15-37-34(25)31)28-21-32(23-11-16-35-17-12-23)38-33(22-28)24-13-18-36-19-14-24;1-2-9-22(10-3-1)32-33(36-30-17-5-4-16-29(30)35-32)25-12-6-11-24(21-25)26-14-7-15-28-27(26)19-18-23-13-8-20-34-31(23)28;1-2-8-23(9-3-1)32-29-11-4-5-14-30(29)35-33(36-32)25-17-15-22(16-18-25)26-12-6-13-28-27(26)20-19-24-10-7-21-34-31(24)28/h1-22H;2*1-21H. The van der Waals surface area contributed by atoms with E-state index in [4.69, 9.17) is 24.9 Å². The van der Waals surface area contributed by atoms with Crippen molar-refractivity contribution in [2.75, 3.05) is 0 Å². The first-order valence-electron chi connectivity index (χ1n) is 36.6. The number of aromatic nitrogens is 10. The first-order chi connectivity index (χ1) is 54.5. The predicted molar refractivity (Wildman–Crippen MR) is 452 cm³/mol. The third-order valence-electron chi connectivity index (χ3n) is 20.3. The Kier molecular flexibility index (Phi) is 17.4. The number of hydrogen-bond acceptors (Lipinski definition) is 10. The maximum Gasteiger partial charge on any atom is 0.160 e. The zero-order chi connectivity index (χ0) is 73.1. The molecule has 8 heterocycles. The van der Waals surface area contributed by atoms with Gasteiger partial charge >= 0.3 is 0 Å². The van der Waals surface area contributed by atoms with Gasteiger partial charge in [0.15, 0.2) is 5.82 Å². The molecule has 0 N–H and O–H groups in total. The van der Waals surface area contributed by atoms with E-state index in [1.807, 2.05) is 134 Å². The maximum absolute atomic E-state index is 5.09. The molecule has 0 radical (unpaired) electrons. The summed E-state index contributed by atoms with van der Waals surface area (Å²) in [6.45, 7) is 0. The van der Waals surface area contributed by atoms with Gasteiger partial charge in [-0.15, -0.1) is 0 Å². The molecular weight excluding hydrogens is 1340 g/mol. The lowest BCUT2D eigenvalue weighted by Gasteiger charge is -2.13. The number of hydrogen-bond donors (Lipinski definition) is 0. The Morgan fingerprint density at radius 3 is 1.07 bits per heavy atom. The van der Waals surface area contributed by atoms with Gasteiger partial charge < -0.3 is 0 Å². The van der Waals surface area contributed by atoms with Crippen LogP contribution in [0, 0.1) is 0 Å². The molecule has 21 aromatic rings. The highest BCUT2D eigenvalue weighted by Gasteiger charge is 2.19. The Hall–Kier alpha value is -15.0. The van der Waals surface area contributed by atoms with Crippen LogP contribution in [0.1, 0.15) is 0 Å². The van der Waals surface area contributed by atoms with E-state index in [2.05, 4.69) is 255 Å². The molecule has 0 atom stereocenters. The van der Waals surface area contributed by atoms with Crippen molar-refractivity contribution in [3.63, 3.8) is 0 Å². The maximum atomic E-state index is 5.09. The zero-order valence-electron chi connectivity index (χ0n) is 59.4. The molecule has 21 rings (SSSR count). The molecule has 0 saturated carbocycles. The van der Waals surface area contributed by atoms with Crippen LogP contribution >= 0.6 is 0 Å². The van der Waals surface area contributed by atoms with Crippen LogP contribution in [0.5, 0.6) is 0 Å². The summed E-state index contributed by atoms with van der Waals surface area (Å²) in [5.41, 5.74) is 25.8. The first kappa shape index (κ1) is 65.7. The zero-order valence-corrected chi connectivity index (χ0v) is 59.4. The van der Waals surface area contributed by atoms with Crippen molar-refractivity contribution in [2.24, 2.45) is 0 Å². The van der Waals surface area contributed by atoms with Gasteiger partial charge in [0.1, 0.15) is 0 Å². The topological polar surface area (TPSA) is 129 Å². The Morgan fingerprint density at radius 1 is 0.173 bits per heavy atom. The van der Waals surface area contributed by atoms with Crippen molar-refractivity contribution in [3.8, 4) is 112 Å². The molecular formula is C100H64N10. The van der Waals surface area contributed by atoms with Crippen molar-refractivity contribution in [3.05, 3.63) is 389 Å². The van der Waals surface area contributed by atoms with Crippen LogP contribution in [0.4, 0.5) is 0 Å². The monoisotopic (exact) mass is 1400 g/mol. The van der Waals surface area contributed by atoms with Gasteiger partial charge in [-0.25, -0.2) is 24.9 Å². The van der Waals surface area contributed by atoms with Gasteiger partial charge in [-0.3, -0.25) is 24.9 Å². The van der Waals surface area contributed by atoms with Gasteiger partial charge in [-0.1, -0.05) is 261 Å². The van der Waals surface area contributed by atoms with E-state index in [9.17, 15) is 0 Å². The summed E-state index contributed by atoms with van der Waals surface area (Å²) >= 11 is 0. The Balaban J connectivity index is 0.000000112. The van der Waals surface area contributed by atoms with E-state index >= 15 is 0 Å². The molecule has 0 aliphatic rings. The fraction of sp³-hybridized carbons (Fsp3) is 0. The van der Waals surface area contributed by atoms with Crippen molar-refractivity contribution in [2.45, 2.75) is 0 Å². The van der Waals surface area contributed by atoms with E-state index in [0.717, 1.165) is 161 Å². The highest BCUT2D eigenvalue weighted by Crippen LogP contribution is 2.41. The number of pyridine rings is 6. The van der Waals surface area contributed by atoms with Crippen LogP contribution in [0.2, 0.25) is 0 Å². The SMILES string of the molecule is c1cc(-c2cc(-c3ccncc3)nc(-c3ccncc3)c2)cc(-c2cccc3c2ccc2cccnc23)c1.c1ccc(-c2nc(-c3ccc(-c4cccc5c4ccc4cccnc45)cc3)nc3ccccc23)cc1.c1ccc(-c2nc3ccccc3nc2-c2cccc(-c3cccc4c3ccc3cccnc34)c2)cc1. The van der Waals surface area contributed by atoms with Gasteiger partial charge in [0.2, 0.25) is 0 Å². The highest BCUT2D eigenvalue weighted by atomic mass is 14.9. The summed E-state index contributed by atoms with van der Waals surface area (Å²) in [5, 5.41) is 11.6. The summed E-state index contributed by atoms with van der Waals surface area (Å²) in [6.07, 6.45) is 12.8. The number of benzene rings is 13. The first-order valence-corrected chi connectivity index (χ1v) is 36.6. The molecule has 0 bridgehead atoms. The molecule has 0 amide bonds. The molecule has 0 spiro atoms. The molecule has 0 saturated heterocycles. The van der Waals surface area contributed by atoms with Gasteiger partial charge in [0.05, 0.1) is 61.6 Å². The molecule has 0 aliphatic carbocycles. The second kappa shape index (κ2) is 29.2. The molecule has 10 nitrogen and oxygen atoms in total. The number of nitrogens with zero attached hydrogens (tertiary/aromatic N) is 10. The lowest BCUT2D eigenvalue weighted by Crippen LogP contribution is -1.95.